The first-order valence-electron chi connectivity index (χ1n) is 11.6. The highest BCUT2D eigenvalue weighted by molar-refractivity contribution is 6.08. The Morgan fingerprint density at radius 3 is 2.47 bits per heavy atom. The SMILES string of the molecule is O=C(O)c1ccc(CN2C3=CC4C(=O)C5=CCCC=C5NC4C=C3C(=O)C3C=CC=CC32)cc1. The van der Waals surface area contributed by atoms with Crippen molar-refractivity contribution in [3.05, 3.63) is 107 Å². The van der Waals surface area contributed by atoms with Crippen LogP contribution in [0.2, 0.25) is 0 Å². The van der Waals surface area contributed by atoms with Crippen LogP contribution in [0.25, 0.3) is 0 Å². The molecule has 2 aliphatic heterocycles. The van der Waals surface area contributed by atoms with Crippen LogP contribution in [-0.2, 0) is 16.1 Å². The highest BCUT2D eigenvalue weighted by atomic mass is 16.4. The Hall–Kier alpha value is -3.93. The molecule has 1 aromatic carbocycles. The topological polar surface area (TPSA) is 86.7 Å². The number of Topliss-reactive ketones (excluding diaryl/α,β-unsaturated/α-hetero) is 2. The number of likely N-dealkylation sites (tertiary alicyclic amines) is 1. The largest absolute Gasteiger partial charge is 0.478 e. The molecule has 1 aromatic rings. The molecule has 2 fully saturated rings. The van der Waals surface area contributed by atoms with Crippen LogP contribution < -0.4 is 5.32 Å². The number of carbonyl (C=O) groups is 3. The van der Waals surface area contributed by atoms with Crippen LogP contribution in [0, 0.1) is 11.8 Å². The van der Waals surface area contributed by atoms with Gasteiger partial charge in [0.2, 0.25) is 0 Å². The fraction of sp³-hybridized carbons (Fsp3) is 0.250. The van der Waals surface area contributed by atoms with Gasteiger partial charge < -0.3 is 15.3 Å². The molecule has 2 N–H and O–H groups in total. The molecule has 5 aliphatic rings. The zero-order valence-corrected chi connectivity index (χ0v) is 18.5. The number of carboxylic acid groups (broad SMARTS) is 1. The summed E-state index contributed by atoms with van der Waals surface area (Å²) >= 11 is 0. The van der Waals surface area contributed by atoms with E-state index in [9.17, 15) is 19.5 Å². The highest BCUT2D eigenvalue weighted by Crippen LogP contribution is 2.42. The Kier molecular flexibility index (Phi) is 4.76. The fourth-order valence-corrected chi connectivity index (χ4v) is 5.58. The second-order valence-electron chi connectivity index (χ2n) is 9.29. The Morgan fingerprint density at radius 1 is 0.941 bits per heavy atom. The van der Waals surface area contributed by atoms with Crippen LogP contribution in [0.1, 0.15) is 28.8 Å². The van der Waals surface area contributed by atoms with Crippen molar-refractivity contribution in [3.8, 4) is 0 Å². The number of allylic oxidation sites excluding steroid dienone is 6. The summed E-state index contributed by atoms with van der Waals surface area (Å²) in [6.45, 7) is 0.503. The quantitative estimate of drug-likeness (QED) is 0.731. The summed E-state index contributed by atoms with van der Waals surface area (Å²) in [5, 5.41) is 12.7. The Bertz CT molecular complexity index is 1290. The summed E-state index contributed by atoms with van der Waals surface area (Å²) in [4.78, 5) is 40.3. The first-order valence-corrected chi connectivity index (χ1v) is 11.6. The van der Waals surface area contributed by atoms with Gasteiger partial charge in [-0.2, -0.15) is 0 Å². The van der Waals surface area contributed by atoms with Gasteiger partial charge in [-0.1, -0.05) is 48.6 Å². The summed E-state index contributed by atoms with van der Waals surface area (Å²) < 4.78 is 0. The van der Waals surface area contributed by atoms with Gasteiger partial charge in [0.05, 0.1) is 29.5 Å². The highest BCUT2D eigenvalue weighted by Gasteiger charge is 2.46. The van der Waals surface area contributed by atoms with Gasteiger partial charge in [0, 0.05) is 29.1 Å². The lowest BCUT2D eigenvalue weighted by molar-refractivity contribution is -0.121. The Morgan fingerprint density at radius 2 is 1.68 bits per heavy atom. The molecule has 0 radical (unpaired) electrons. The average Bonchev–Trinajstić information content (AvgIpc) is 2.86. The molecular weight excluding hydrogens is 428 g/mol. The monoisotopic (exact) mass is 452 g/mol. The van der Waals surface area contributed by atoms with Crippen molar-refractivity contribution in [2.75, 3.05) is 0 Å². The van der Waals surface area contributed by atoms with Crippen LogP contribution in [0.4, 0.5) is 0 Å². The number of piperidine rings is 2. The lowest BCUT2D eigenvalue weighted by Gasteiger charge is -2.46. The van der Waals surface area contributed by atoms with Crippen LogP contribution in [0.3, 0.4) is 0 Å². The lowest BCUT2D eigenvalue weighted by atomic mass is 9.73. The molecule has 2 saturated heterocycles. The molecule has 3 aliphatic carbocycles. The molecule has 6 nitrogen and oxygen atoms in total. The van der Waals surface area contributed by atoms with Crippen LogP contribution in [-0.4, -0.2) is 39.6 Å². The summed E-state index contributed by atoms with van der Waals surface area (Å²) in [6, 6.07) is 6.41. The molecule has 0 spiro atoms. The molecule has 4 unspecified atom stereocenters. The maximum absolute atomic E-state index is 13.5. The van der Waals surface area contributed by atoms with E-state index < -0.39 is 5.97 Å². The van der Waals surface area contributed by atoms with Crippen molar-refractivity contribution in [1.29, 1.82) is 0 Å². The van der Waals surface area contributed by atoms with Crippen LogP contribution in [0.15, 0.2) is 95.4 Å². The predicted octanol–water partition coefficient (Wildman–Crippen LogP) is 3.47. The number of hydrogen-bond acceptors (Lipinski definition) is 5. The van der Waals surface area contributed by atoms with Gasteiger partial charge in [0.25, 0.3) is 0 Å². The third kappa shape index (κ3) is 3.21. The number of carboxylic acids is 1. The van der Waals surface area contributed by atoms with E-state index in [4.69, 9.17) is 0 Å². The van der Waals surface area contributed by atoms with Gasteiger partial charge in [0.1, 0.15) is 0 Å². The van der Waals surface area contributed by atoms with Crippen molar-refractivity contribution in [2.24, 2.45) is 11.8 Å². The van der Waals surface area contributed by atoms with Crippen LogP contribution >= 0.6 is 0 Å². The number of rotatable bonds is 3. The summed E-state index contributed by atoms with van der Waals surface area (Å²) in [5.41, 5.74) is 4.24. The normalized spacial score (nSPS) is 28.9. The molecule has 0 saturated carbocycles. The second-order valence-corrected chi connectivity index (χ2v) is 9.29. The fourth-order valence-electron chi connectivity index (χ4n) is 5.58. The lowest BCUT2D eigenvalue weighted by Crippen LogP contribution is -2.52. The number of aromatic carboxylic acids is 1. The smallest absolute Gasteiger partial charge is 0.335 e. The van der Waals surface area contributed by atoms with Gasteiger partial charge >= 0.3 is 5.97 Å². The minimum atomic E-state index is -0.962. The van der Waals surface area contributed by atoms with E-state index in [1.165, 1.54) is 0 Å². The molecule has 0 bridgehead atoms. The zero-order valence-electron chi connectivity index (χ0n) is 18.5. The second kappa shape index (κ2) is 7.83. The number of hydrogen-bond donors (Lipinski definition) is 2. The van der Waals surface area contributed by atoms with Crippen molar-refractivity contribution in [1.82, 2.24) is 10.2 Å². The summed E-state index contributed by atoms with van der Waals surface area (Å²) in [7, 11) is 0. The standard InChI is InChI=1S/C28H24N2O4/c31-26-18-5-1-3-7-22(18)29-23-13-21-25(14-20(23)26)30(24-8-4-2-6-19(24)27(21)32)15-16-9-11-17(12-10-16)28(33)34/h2,4-14,19-20,23-24,29H,1,3,15H2,(H,33,34). The number of nitrogens with zero attached hydrogens (tertiary/aromatic N) is 1. The average molecular weight is 453 g/mol. The molecule has 2 heterocycles. The maximum Gasteiger partial charge on any atom is 0.335 e. The van der Waals surface area contributed by atoms with E-state index in [0.717, 1.165) is 35.4 Å². The molecule has 170 valence electrons. The first-order chi connectivity index (χ1) is 16.5. The van der Waals surface area contributed by atoms with E-state index >= 15 is 0 Å². The van der Waals surface area contributed by atoms with Crippen molar-refractivity contribution in [2.45, 2.75) is 31.5 Å². The summed E-state index contributed by atoms with van der Waals surface area (Å²) in [6.07, 6.45) is 17.6. The minimum absolute atomic E-state index is 0.0704. The molecule has 6 rings (SSSR count). The zero-order chi connectivity index (χ0) is 23.4. The first kappa shape index (κ1) is 20.7. The maximum atomic E-state index is 13.5. The Labute approximate surface area is 197 Å². The minimum Gasteiger partial charge on any atom is -0.478 e. The third-order valence-corrected chi connectivity index (χ3v) is 7.29. The van der Waals surface area contributed by atoms with Gasteiger partial charge in [-0.15, -0.1) is 0 Å². The number of fused-ring (bicyclic) bond motifs is 4. The third-order valence-electron chi connectivity index (χ3n) is 7.29. The molecule has 34 heavy (non-hydrogen) atoms. The van der Waals surface area contributed by atoms with E-state index in [-0.39, 0.29) is 41.0 Å². The van der Waals surface area contributed by atoms with Crippen molar-refractivity contribution < 1.29 is 19.5 Å². The van der Waals surface area contributed by atoms with E-state index in [0.29, 0.717) is 12.1 Å². The molecule has 6 heteroatoms. The van der Waals surface area contributed by atoms with Gasteiger partial charge in [-0.3, -0.25) is 9.59 Å². The molecular formula is C28H24N2O4. The Balaban J connectivity index is 1.40. The van der Waals surface area contributed by atoms with E-state index in [1.54, 1.807) is 12.1 Å². The van der Waals surface area contributed by atoms with Gasteiger partial charge in [-0.25, -0.2) is 4.79 Å². The number of carbonyl (C=O) groups excluding carboxylic acids is 2. The molecule has 0 amide bonds. The van der Waals surface area contributed by atoms with E-state index in [1.807, 2.05) is 54.7 Å². The predicted molar refractivity (Wildman–Crippen MR) is 126 cm³/mol. The van der Waals surface area contributed by atoms with Crippen LogP contribution in [0.5, 0.6) is 0 Å². The number of benzene rings is 1. The van der Waals surface area contributed by atoms with Crippen molar-refractivity contribution >= 4 is 17.5 Å². The molecule has 0 aromatic heterocycles. The summed E-state index contributed by atoms with van der Waals surface area (Å²) in [5.74, 6) is -1.47. The van der Waals surface area contributed by atoms with Crippen molar-refractivity contribution in [3.63, 3.8) is 0 Å². The molecule has 4 atom stereocenters. The van der Waals surface area contributed by atoms with Gasteiger partial charge in [0.15, 0.2) is 11.6 Å². The number of ketones is 2. The number of nitrogens with one attached hydrogen (secondary N) is 1. The van der Waals surface area contributed by atoms with E-state index in [2.05, 4.69) is 16.3 Å². The van der Waals surface area contributed by atoms with Gasteiger partial charge in [-0.05, 0) is 42.7 Å².